The number of nitro benzene ring substituents is 1. The van der Waals surface area contributed by atoms with Crippen LogP contribution >= 0.6 is 0 Å². The molecule has 0 saturated heterocycles. The summed E-state index contributed by atoms with van der Waals surface area (Å²) in [4.78, 5) is 23.2. The van der Waals surface area contributed by atoms with Crippen LogP contribution in [0.25, 0.3) is 11.8 Å². The number of non-ortho nitro benzene ring substituents is 1. The van der Waals surface area contributed by atoms with Gasteiger partial charge in [0.05, 0.1) is 23.8 Å². The van der Waals surface area contributed by atoms with Crippen LogP contribution in [0.3, 0.4) is 0 Å². The topological polar surface area (TPSA) is 110 Å². The molecule has 0 aliphatic rings. The van der Waals surface area contributed by atoms with Crippen molar-refractivity contribution < 1.29 is 14.5 Å². The van der Waals surface area contributed by atoms with E-state index in [1.165, 1.54) is 25.3 Å². The number of hydrogen-bond donors (Lipinski definition) is 1. The molecule has 0 aliphatic heterocycles. The van der Waals surface area contributed by atoms with Crippen LogP contribution in [0.5, 0.6) is 5.75 Å². The van der Waals surface area contributed by atoms with Crippen molar-refractivity contribution in [2.75, 3.05) is 12.4 Å². The second kappa shape index (κ2) is 9.18. The van der Waals surface area contributed by atoms with E-state index in [1.54, 1.807) is 18.2 Å². The predicted octanol–water partition coefficient (Wildman–Crippen LogP) is 4.87. The number of methoxy groups -OCH3 is 1. The van der Waals surface area contributed by atoms with E-state index in [2.05, 4.69) is 5.32 Å². The molecule has 3 aromatic rings. The lowest BCUT2D eigenvalue weighted by molar-refractivity contribution is -0.384. The first-order valence-corrected chi connectivity index (χ1v) is 9.76. The van der Waals surface area contributed by atoms with Crippen molar-refractivity contribution in [3.05, 3.63) is 86.7 Å². The molecular weight excluding hydrogens is 408 g/mol. The summed E-state index contributed by atoms with van der Waals surface area (Å²) in [6, 6.07) is 15.5. The van der Waals surface area contributed by atoms with Gasteiger partial charge in [-0.2, -0.15) is 5.26 Å². The summed E-state index contributed by atoms with van der Waals surface area (Å²) in [6.45, 7) is 5.65. The standard InChI is InChI=1S/C24H22N4O4/c1-15-5-7-20(8-6-15)26-24(29)19(14-25)12-18-11-16(2)27(17(18)3)22-10-9-21(28(30)31)13-23(22)32-4/h5-13H,1-4H3,(H,26,29)/b19-12-. The van der Waals surface area contributed by atoms with E-state index in [9.17, 15) is 20.2 Å². The Bertz CT molecular complexity index is 1260. The zero-order valence-corrected chi connectivity index (χ0v) is 18.2. The summed E-state index contributed by atoms with van der Waals surface area (Å²) in [7, 11) is 1.45. The monoisotopic (exact) mass is 430 g/mol. The Morgan fingerprint density at radius 3 is 2.44 bits per heavy atom. The van der Waals surface area contributed by atoms with Crippen LogP contribution < -0.4 is 10.1 Å². The fourth-order valence-electron chi connectivity index (χ4n) is 3.41. The van der Waals surface area contributed by atoms with E-state index in [-0.39, 0.29) is 11.3 Å². The summed E-state index contributed by atoms with van der Waals surface area (Å²) in [5, 5.41) is 23.4. The zero-order valence-electron chi connectivity index (χ0n) is 18.2. The normalized spacial score (nSPS) is 11.0. The summed E-state index contributed by atoms with van der Waals surface area (Å²) in [5.41, 5.74) is 4.42. The molecule has 162 valence electrons. The summed E-state index contributed by atoms with van der Waals surface area (Å²) in [5.74, 6) is -0.164. The third kappa shape index (κ3) is 4.52. The second-order valence-electron chi connectivity index (χ2n) is 7.27. The van der Waals surface area contributed by atoms with Gasteiger partial charge in [0.1, 0.15) is 17.4 Å². The number of carbonyl (C=O) groups is 1. The van der Waals surface area contributed by atoms with Crippen LogP contribution in [0.1, 0.15) is 22.5 Å². The van der Waals surface area contributed by atoms with Crippen LogP contribution in [0.2, 0.25) is 0 Å². The molecule has 0 fully saturated rings. The van der Waals surface area contributed by atoms with Crippen molar-refractivity contribution in [1.29, 1.82) is 5.26 Å². The first kappa shape index (κ1) is 22.3. The molecule has 0 spiro atoms. The van der Waals surface area contributed by atoms with Gasteiger partial charge >= 0.3 is 0 Å². The molecule has 32 heavy (non-hydrogen) atoms. The summed E-state index contributed by atoms with van der Waals surface area (Å²) >= 11 is 0. The van der Waals surface area contributed by atoms with Crippen molar-refractivity contribution in [3.8, 4) is 17.5 Å². The lowest BCUT2D eigenvalue weighted by Crippen LogP contribution is -2.13. The van der Waals surface area contributed by atoms with Crippen molar-refractivity contribution in [3.63, 3.8) is 0 Å². The van der Waals surface area contributed by atoms with Gasteiger partial charge in [0, 0.05) is 23.1 Å². The Kier molecular flexibility index (Phi) is 6.40. The number of nitro groups is 1. The van der Waals surface area contributed by atoms with Gasteiger partial charge in [-0.05, 0) is 56.7 Å². The maximum atomic E-state index is 12.6. The van der Waals surface area contributed by atoms with E-state index in [0.29, 0.717) is 22.7 Å². The van der Waals surface area contributed by atoms with E-state index in [0.717, 1.165) is 17.0 Å². The molecule has 1 amide bonds. The molecule has 2 aromatic carbocycles. The molecule has 1 aromatic heterocycles. The van der Waals surface area contributed by atoms with Crippen LogP contribution in [0.4, 0.5) is 11.4 Å². The van der Waals surface area contributed by atoms with Gasteiger partial charge in [0.15, 0.2) is 0 Å². The van der Waals surface area contributed by atoms with E-state index in [4.69, 9.17) is 4.74 Å². The molecule has 3 rings (SSSR count). The number of benzene rings is 2. The van der Waals surface area contributed by atoms with Gasteiger partial charge in [-0.1, -0.05) is 17.7 Å². The zero-order chi connectivity index (χ0) is 23.4. The van der Waals surface area contributed by atoms with Crippen LogP contribution in [0.15, 0.2) is 54.1 Å². The maximum absolute atomic E-state index is 12.6. The van der Waals surface area contributed by atoms with Crippen molar-refractivity contribution >= 4 is 23.4 Å². The molecule has 0 saturated carbocycles. The molecule has 1 heterocycles. The number of hydrogen-bond acceptors (Lipinski definition) is 5. The molecule has 1 N–H and O–H groups in total. The highest BCUT2D eigenvalue weighted by Gasteiger charge is 2.18. The third-order valence-electron chi connectivity index (χ3n) is 5.06. The van der Waals surface area contributed by atoms with Gasteiger partial charge in [0.2, 0.25) is 0 Å². The number of anilines is 1. The fraction of sp³-hybridized carbons (Fsp3) is 0.167. The number of nitriles is 1. The quantitative estimate of drug-likeness (QED) is 0.260. The van der Waals surface area contributed by atoms with E-state index < -0.39 is 10.8 Å². The smallest absolute Gasteiger partial charge is 0.273 e. The van der Waals surface area contributed by atoms with Gasteiger partial charge in [-0.15, -0.1) is 0 Å². The first-order valence-electron chi connectivity index (χ1n) is 9.76. The third-order valence-corrected chi connectivity index (χ3v) is 5.06. The average molecular weight is 430 g/mol. The number of nitrogens with one attached hydrogen (secondary N) is 1. The van der Waals surface area contributed by atoms with Crippen LogP contribution in [-0.2, 0) is 4.79 Å². The van der Waals surface area contributed by atoms with Gasteiger partial charge in [-0.3, -0.25) is 14.9 Å². The Morgan fingerprint density at radius 1 is 1.16 bits per heavy atom. The summed E-state index contributed by atoms with van der Waals surface area (Å²) < 4.78 is 7.23. The highest BCUT2D eigenvalue weighted by Crippen LogP contribution is 2.32. The second-order valence-corrected chi connectivity index (χ2v) is 7.27. The first-order chi connectivity index (χ1) is 15.2. The number of aromatic nitrogens is 1. The minimum atomic E-state index is -0.505. The lowest BCUT2D eigenvalue weighted by Gasteiger charge is -2.13. The number of carbonyl (C=O) groups excluding carboxylic acids is 1. The van der Waals surface area contributed by atoms with Crippen LogP contribution in [0, 0.1) is 42.2 Å². The fourth-order valence-corrected chi connectivity index (χ4v) is 3.41. The number of amides is 1. The number of rotatable bonds is 6. The minimum absolute atomic E-state index is 0.0403. The largest absolute Gasteiger partial charge is 0.494 e. The highest BCUT2D eigenvalue weighted by molar-refractivity contribution is 6.09. The molecule has 0 bridgehead atoms. The predicted molar refractivity (Wildman–Crippen MR) is 122 cm³/mol. The van der Waals surface area contributed by atoms with Crippen LogP contribution in [-0.4, -0.2) is 22.5 Å². The Balaban J connectivity index is 1.98. The van der Waals surface area contributed by atoms with Gasteiger partial charge in [0.25, 0.3) is 11.6 Å². The average Bonchev–Trinajstić information content (AvgIpc) is 3.05. The highest BCUT2D eigenvalue weighted by atomic mass is 16.6. The molecule has 0 unspecified atom stereocenters. The number of nitrogens with zero attached hydrogens (tertiary/aromatic N) is 3. The van der Waals surface area contributed by atoms with E-state index >= 15 is 0 Å². The molecule has 0 aliphatic carbocycles. The molecule has 0 atom stereocenters. The number of aryl methyl sites for hydroxylation is 2. The van der Waals surface area contributed by atoms with Crippen molar-refractivity contribution in [1.82, 2.24) is 4.57 Å². The summed E-state index contributed by atoms with van der Waals surface area (Å²) in [6.07, 6.45) is 1.53. The molecule has 0 radical (unpaired) electrons. The Labute approximate surface area is 185 Å². The van der Waals surface area contributed by atoms with Crippen molar-refractivity contribution in [2.24, 2.45) is 0 Å². The SMILES string of the molecule is COc1cc([N+](=O)[O-])ccc1-n1c(C)cc(/C=C(/C#N)C(=O)Nc2ccc(C)cc2)c1C. The minimum Gasteiger partial charge on any atom is -0.494 e. The Hall–Kier alpha value is -4.38. The van der Waals surface area contributed by atoms with Crippen molar-refractivity contribution in [2.45, 2.75) is 20.8 Å². The molecule has 8 heteroatoms. The molecule has 8 nitrogen and oxygen atoms in total. The maximum Gasteiger partial charge on any atom is 0.273 e. The lowest BCUT2D eigenvalue weighted by atomic mass is 10.1. The van der Waals surface area contributed by atoms with Gasteiger partial charge < -0.3 is 14.6 Å². The van der Waals surface area contributed by atoms with Gasteiger partial charge in [-0.25, -0.2) is 0 Å². The Morgan fingerprint density at radius 2 is 1.84 bits per heavy atom. The van der Waals surface area contributed by atoms with E-state index in [1.807, 2.05) is 49.6 Å². The molecular formula is C24H22N4O4. The number of ether oxygens (including phenoxy) is 1.